The Hall–Kier alpha value is -1.83. The van der Waals surface area contributed by atoms with Crippen LogP contribution in [0.2, 0.25) is 0 Å². The highest BCUT2D eigenvalue weighted by atomic mass is 32.2. The molecule has 3 heterocycles. The summed E-state index contributed by atoms with van der Waals surface area (Å²) in [4.78, 5) is 15.6. The van der Waals surface area contributed by atoms with Crippen molar-refractivity contribution in [1.29, 1.82) is 0 Å². The fourth-order valence-corrected chi connectivity index (χ4v) is 5.82. The average Bonchev–Trinajstić information content (AvgIpc) is 3.41. The summed E-state index contributed by atoms with van der Waals surface area (Å²) in [5.41, 5.74) is 2.93. The molecule has 2 aliphatic rings. The van der Waals surface area contributed by atoms with Gasteiger partial charge in [0.25, 0.3) is 5.91 Å². The maximum Gasteiger partial charge on any atom is 0.254 e. The SMILES string of the molecule is CCc1c(C(=O)NCC2(N3CCOCC3)CCSC2)cnn1Cc1ccccc1. The standard InChI is InChI=1S/C22H30N4O2S/c1-2-20-19(14-24-26(20)15-18-6-4-3-5-7-18)21(27)23-16-22(8-13-29-17-22)25-9-11-28-12-10-25/h3-7,14H,2,8-13,15-17H2,1H3,(H,23,27). The predicted octanol–water partition coefficient (Wildman–Crippen LogP) is 2.43. The number of aromatic nitrogens is 2. The number of hydrogen-bond donors (Lipinski definition) is 1. The van der Waals surface area contributed by atoms with Crippen LogP contribution >= 0.6 is 11.8 Å². The zero-order valence-corrected chi connectivity index (χ0v) is 17.9. The number of rotatable bonds is 7. The van der Waals surface area contributed by atoms with Gasteiger partial charge in [0, 0.05) is 30.9 Å². The van der Waals surface area contributed by atoms with Crippen LogP contribution in [0.1, 0.15) is 35.0 Å². The van der Waals surface area contributed by atoms with Gasteiger partial charge in [0.2, 0.25) is 0 Å². The maximum atomic E-state index is 13.1. The smallest absolute Gasteiger partial charge is 0.254 e. The van der Waals surface area contributed by atoms with Gasteiger partial charge < -0.3 is 10.1 Å². The summed E-state index contributed by atoms with van der Waals surface area (Å²) >= 11 is 1.98. The number of hydrogen-bond acceptors (Lipinski definition) is 5. The van der Waals surface area contributed by atoms with Crippen LogP contribution in [0.15, 0.2) is 36.5 Å². The molecule has 1 aromatic carbocycles. The first-order valence-electron chi connectivity index (χ1n) is 10.5. The molecule has 1 aromatic heterocycles. The predicted molar refractivity (Wildman–Crippen MR) is 117 cm³/mol. The first-order chi connectivity index (χ1) is 14.2. The van der Waals surface area contributed by atoms with E-state index in [4.69, 9.17) is 4.74 Å². The van der Waals surface area contributed by atoms with Crippen LogP contribution in [0.3, 0.4) is 0 Å². The van der Waals surface area contributed by atoms with E-state index in [2.05, 4.69) is 34.4 Å². The first kappa shape index (κ1) is 20.4. The van der Waals surface area contributed by atoms with E-state index in [0.717, 1.165) is 56.3 Å². The summed E-state index contributed by atoms with van der Waals surface area (Å²) < 4.78 is 7.49. The highest BCUT2D eigenvalue weighted by molar-refractivity contribution is 7.99. The molecule has 2 aromatic rings. The zero-order chi connectivity index (χ0) is 20.1. The Balaban J connectivity index is 1.45. The van der Waals surface area contributed by atoms with E-state index in [1.54, 1.807) is 6.20 Å². The van der Waals surface area contributed by atoms with Gasteiger partial charge in [0.1, 0.15) is 0 Å². The lowest BCUT2D eigenvalue weighted by atomic mass is 9.95. The second kappa shape index (κ2) is 9.32. The normalized spacial score (nSPS) is 22.7. The molecule has 0 spiro atoms. The molecule has 0 radical (unpaired) electrons. The van der Waals surface area contributed by atoms with E-state index in [9.17, 15) is 4.79 Å². The Kier molecular flexibility index (Phi) is 6.57. The van der Waals surface area contributed by atoms with Crippen molar-refractivity contribution in [2.75, 3.05) is 44.4 Å². The van der Waals surface area contributed by atoms with Crippen molar-refractivity contribution in [3.05, 3.63) is 53.3 Å². The lowest BCUT2D eigenvalue weighted by Crippen LogP contribution is -2.59. The number of thioether (sulfide) groups is 1. The molecule has 1 N–H and O–H groups in total. The third-order valence-electron chi connectivity index (χ3n) is 6.05. The highest BCUT2D eigenvalue weighted by Gasteiger charge is 2.41. The maximum absolute atomic E-state index is 13.1. The molecule has 0 saturated carbocycles. The molecular weight excluding hydrogens is 384 g/mol. The number of carbonyl (C=O) groups is 1. The van der Waals surface area contributed by atoms with Crippen LogP contribution in [0, 0.1) is 0 Å². The topological polar surface area (TPSA) is 59.4 Å². The van der Waals surface area contributed by atoms with Crippen molar-refractivity contribution in [2.45, 2.75) is 31.8 Å². The Morgan fingerprint density at radius 2 is 2.07 bits per heavy atom. The van der Waals surface area contributed by atoms with E-state index in [1.807, 2.05) is 34.6 Å². The van der Waals surface area contributed by atoms with Gasteiger partial charge in [-0.3, -0.25) is 14.4 Å². The van der Waals surface area contributed by atoms with E-state index in [0.29, 0.717) is 18.7 Å². The van der Waals surface area contributed by atoms with Gasteiger partial charge in [-0.1, -0.05) is 37.3 Å². The van der Waals surface area contributed by atoms with Crippen LogP contribution < -0.4 is 5.32 Å². The molecule has 1 unspecified atom stereocenters. The lowest BCUT2D eigenvalue weighted by Gasteiger charge is -2.43. The number of ether oxygens (including phenoxy) is 1. The Bertz CT molecular complexity index is 811. The summed E-state index contributed by atoms with van der Waals surface area (Å²) in [5, 5.41) is 7.76. The van der Waals surface area contributed by atoms with Crippen LogP contribution in [0.25, 0.3) is 0 Å². The van der Waals surface area contributed by atoms with Crippen molar-refractivity contribution in [1.82, 2.24) is 20.0 Å². The molecule has 0 aliphatic carbocycles. The van der Waals surface area contributed by atoms with E-state index >= 15 is 0 Å². The molecule has 29 heavy (non-hydrogen) atoms. The van der Waals surface area contributed by atoms with Crippen molar-refractivity contribution >= 4 is 17.7 Å². The molecule has 2 saturated heterocycles. The fraction of sp³-hybridized carbons (Fsp3) is 0.545. The van der Waals surface area contributed by atoms with E-state index in [-0.39, 0.29) is 11.4 Å². The van der Waals surface area contributed by atoms with Crippen molar-refractivity contribution < 1.29 is 9.53 Å². The van der Waals surface area contributed by atoms with Gasteiger partial charge in [-0.05, 0) is 24.2 Å². The Morgan fingerprint density at radius 3 is 2.76 bits per heavy atom. The quantitative estimate of drug-likeness (QED) is 0.754. The van der Waals surface area contributed by atoms with Gasteiger partial charge in [-0.25, -0.2) is 0 Å². The third-order valence-corrected chi connectivity index (χ3v) is 7.28. The van der Waals surface area contributed by atoms with Gasteiger partial charge in [-0.15, -0.1) is 0 Å². The third kappa shape index (κ3) is 4.52. The Labute approximate surface area is 177 Å². The molecule has 156 valence electrons. The number of amides is 1. The summed E-state index contributed by atoms with van der Waals surface area (Å²) in [6.45, 7) is 6.92. The van der Waals surface area contributed by atoms with Gasteiger partial charge in [0.05, 0.1) is 37.2 Å². The number of nitrogens with zero attached hydrogens (tertiary/aromatic N) is 3. The fourth-order valence-electron chi connectivity index (χ4n) is 4.34. The minimum Gasteiger partial charge on any atom is -0.379 e. The molecule has 1 atom stereocenters. The van der Waals surface area contributed by atoms with E-state index in [1.165, 1.54) is 5.56 Å². The summed E-state index contributed by atoms with van der Waals surface area (Å²) in [6.07, 6.45) is 3.62. The van der Waals surface area contributed by atoms with Crippen LogP contribution in [-0.2, 0) is 17.7 Å². The Morgan fingerprint density at radius 1 is 1.28 bits per heavy atom. The summed E-state index contributed by atoms with van der Waals surface area (Å²) in [7, 11) is 0. The summed E-state index contributed by atoms with van der Waals surface area (Å²) in [5.74, 6) is 2.22. The van der Waals surface area contributed by atoms with E-state index < -0.39 is 0 Å². The van der Waals surface area contributed by atoms with Crippen LogP contribution in [0.4, 0.5) is 0 Å². The van der Waals surface area contributed by atoms with Gasteiger partial charge >= 0.3 is 0 Å². The average molecular weight is 415 g/mol. The molecule has 4 rings (SSSR count). The molecule has 7 heteroatoms. The first-order valence-corrected chi connectivity index (χ1v) is 11.6. The van der Waals surface area contributed by atoms with Crippen molar-refractivity contribution in [3.63, 3.8) is 0 Å². The minimum absolute atomic E-state index is 0.00861. The number of carbonyl (C=O) groups excluding carboxylic acids is 1. The van der Waals surface area contributed by atoms with Crippen LogP contribution in [0.5, 0.6) is 0 Å². The monoisotopic (exact) mass is 414 g/mol. The number of morpholine rings is 1. The molecule has 2 aliphatic heterocycles. The minimum atomic E-state index is -0.00861. The highest BCUT2D eigenvalue weighted by Crippen LogP contribution is 2.33. The van der Waals surface area contributed by atoms with Crippen LogP contribution in [-0.4, -0.2) is 70.5 Å². The molecule has 6 nitrogen and oxygen atoms in total. The van der Waals surface area contributed by atoms with Crippen molar-refractivity contribution in [3.8, 4) is 0 Å². The van der Waals surface area contributed by atoms with Gasteiger partial charge in [0.15, 0.2) is 0 Å². The molecule has 0 bridgehead atoms. The summed E-state index contributed by atoms with van der Waals surface area (Å²) in [6, 6.07) is 10.2. The largest absolute Gasteiger partial charge is 0.379 e. The van der Waals surface area contributed by atoms with Gasteiger partial charge in [-0.2, -0.15) is 16.9 Å². The lowest BCUT2D eigenvalue weighted by molar-refractivity contribution is -0.0129. The van der Waals surface area contributed by atoms with Crippen molar-refractivity contribution in [2.24, 2.45) is 0 Å². The number of benzene rings is 1. The molecule has 1 amide bonds. The second-order valence-electron chi connectivity index (χ2n) is 7.81. The second-order valence-corrected chi connectivity index (χ2v) is 8.92. The zero-order valence-electron chi connectivity index (χ0n) is 17.1. The molecule has 2 fully saturated rings. The number of nitrogens with one attached hydrogen (secondary N) is 1. The molecular formula is C22H30N4O2S.